The van der Waals surface area contributed by atoms with Crippen molar-refractivity contribution in [2.24, 2.45) is 0 Å². The Morgan fingerprint density at radius 2 is 1.68 bits per heavy atom. The highest BCUT2D eigenvalue weighted by molar-refractivity contribution is 9.10. The molecule has 0 aliphatic carbocycles. The molecular weight excluding hydrogens is 366 g/mol. The van der Waals surface area contributed by atoms with Crippen LogP contribution in [0.5, 0.6) is 0 Å². The van der Waals surface area contributed by atoms with Crippen LogP contribution in [0, 0.1) is 0 Å². The predicted octanol–water partition coefficient (Wildman–Crippen LogP) is 3.86. The lowest BCUT2D eigenvalue weighted by molar-refractivity contribution is 0.601. The molecule has 2 rings (SSSR count). The van der Waals surface area contributed by atoms with Gasteiger partial charge in [-0.1, -0.05) is 15.9 Å². The Labute approximate surface area is 139 Å². The van der Waals surface area contributed by atoms with Gasteiger partial charge >= 0.3 is 0 Å². The summed E-state index contributed by atoms with van der Waals surface area (Å²) in [5.74, 6) is 0.280. The van der Waals surface area contributed by atoms with Gasteiger partial charge in [0, 0.05) is 10.0 Å². The number of anilines is 2. The van der Waals surface area contributed by atoms with E-state index in [-0.39, 0.29) is 16.3 Å². The molecule has 22 heavy (non-hydrogen) atoms. The highest BCUT2D eigenvalue weighted by Crippen LogP contribution is 2.19. The molecule has 0 amide bonds. The van der Waals surface area contributed by atoms with Gasteiger partial charge in [-0.15, -0.1) is 0 Å². The van der Waals surface area contributed by atoms with Crippen LogP contribution in [0.15, 0.2) is 52.0 Å². The number of aromatic nitrogens is 1. The molecule has 2 N–H and O–H groups in total. The minimum Gasteiger partial charge on any atom is -0.379 e. The largest absolute Gasteiger partial charge is 0.379 e. The van der Waals surface area contributed by atoms with Crippen LogP contribution < -0.4 is 10.0 Å². The highest BCUT2D eigenvalue weighted by Gasteiger charge is 2.15. The number of nitrogens with zero attached hydrogens (tertiary/aromatic N) is 1. The normalized spacial score (nSPS) is 12.0. The van der Waals surface area contributed by atoms with Crippen LogP contribution in [-0.4, -0.2) is 18.9 Å². The Kier molecular flexibility index (Phi) is 4.77. The molecular formula is C15H18BrN3O2S. The fourth-order valence-electron chi connectivity index (χ4n) is 1.77. The maximum atomic E-state index is 12.2. The number of hydrogen-bond donors (Lipinski definition) is 2. The van der Waals surface area contributed by atoms with E-state index in [1.165, 1.54) is 12.1 Å². The average Bonchev–Trinajstić information content (AvgIpc) is 2.39. The van der Waals surface area contributed by atoms with Crippen molar-refractivity contribution >= 4 is 37.5 Å². The minimum atomic E-state index is -3.63. The van der Waals surface area contributed by atoms with Gasteiger partial charge in [0.25, 0.3) is 10.0 Å². The van der Waals surface area contributed by atoms with Crippen LogP contribution >= 0.6 is 15.9 Å². The fraction of sp³-hybridized carbons (Fsp3) is 0.267. The maximum absolute atomic E-state index is 12.2. The maximum Gasteiger partial charge on any atom is 0.263 e. The smallest absolute Gasteiger partial charge is 0.263 e. The summed E-state index contributed by atoms with van der Waals surface area (Å²) in [6.07, 6.45) is 1.60. The van der Waals surface area contributed by atoms with Crippen LogP contribution in [0.2, 0.25) is 0 Å². The summed E-state index contributed by atoms with van der Waals surface area (Å²) >= 11 is 3.28. The van der Waals surface area contributed by atoms with Crippen LogP contribution in [0.1, 0.15) is 20.8 Å². The molecule has 7 heteroatoms. The zero-order valence-electron chi connectivity index (χ0n) is 12.6. The van der Waals surface area contributed by atoms with E-state index in [9.17, 15) is 8.42 Å². The van der Waals surface area contributed by atoms with E-state index in [4.69, 9.17) is 0 Å². The summed E-state index contributed by atoms with van der Waals surface area (Å²) in [6.45, 7) is 6.12. The third kappa shape index (κ3) is 4.71. The van der Waals surface area contributed by atoms with Gasteiger partial charge < -0.3 is 5.32 Å². The van der Waals surface area contributed by atoms with Crippen molar-refractivity contribution in [2.75, 3.05) is 10.0 Å². The average molecular weight is 384 g/mol. The molecule has 0 spiro atoms. The quantitative estimate of drug-likeness (QED) is 0.840. The number of sulfonamides is 1. The molecule has 0 aliphatic rings. The molecule has 0 radical (unpaired) electrons. The van der Waals surface area contributed by atoms with Gasteiger partial charge in [-0.25, -0.2) is 13.4 Å². The SMILES string of the molecule is CC(C)(C)Nc1ccc(NS(=O)(=O)c2ccc(Br)cc2)nc1. The lowest BCUT2D eigenvalue weighted by Crippen LogP contribution is -2.26. The first-order valence-electron chi connectivity index (χ1n) is 6.68. The summed E-state index contributed by atoms with van der Waals surface area (Å²) < 4.78 is 27.8. The molecule has 118 valence electrons. The number of pyridine rings is 1. The topological polar surface area (TPSA) is 71.1 Å². The van der Waals surface area contributed by atoms with Gasteiger partial charge in [0.15, 0.2) is 0 Å². The van der Waals surface area contributed by atoms with E-state index < -0.39 is 10.0 Å². The van der Waals surface area contributed by atoms with Crippen molar-refractivity contribution in [3.63, 3.8) is 0 Å². The van der Waals surface area contributed by atoms with E-state index in [1.807, 2.05) is 20.8 Å². The molecule has 0 bridgehead atoms. The molecule has 0 saturated heterocycles. The van der Waals surface area contributed by atoms with Crippen molar-refractivity contribution < 1.29 is 8.42 Å². The van der Waals surface area contributed by atoms with Crippen molar-refractivity contribution in [1.29, 1.82) is 0 Å². The second kappa shape index (κ2) is 6.26. The van der Waals surface area contributed by atoms with Crippen molar-refractivity contribution in [2.45, 2.75) is 31.2 Å². The minimum absolute atomic E-state index is 0.0832. The fourth-order valence-corrected chi connectivity index (χ4v) is 3.04. The summed E-state index contributed by atoms with van der Waals surface area (Å²) in [5.41, 5.74) is 0.749. The summed E-state index contributed by atoms with van der Waals surface area (Å²) in [7, 11) is -3.63. The van der Waals surface area contributed by atoms with Gasteiger partial charge in [-0.2, -0.15) is 0 Å². The zero-order chi connectivity index (χ0) is 16.4. The molecule has 2 aromatic rings. The molecule has 5 nitrogen and oxygen atoms in total. The monoisotopic (exact) mass is 383 g/mol. The molecule has 1 heterocycles. The van der Waals surface area contributed by atoms with Crippen LogP contribution in [0.3, 0.4) is 0 Å². The highest BCUT2D eigenvalue weighted by atomic mass is 79.9. The molecule has 0 fully saturated rings. The Morgan fingerprint density at radius 1 is 1.05 bits per heavy atom. The summed E-state index contributed by atoms with van der Waals surface area (Å²) in [6, 6.07) is 9.84. The van der Waals surface area contributed by atoms with Gasteiger partial charge in [-0.05, 0) is 57.2 Å². The number of nitrogens with one attached hydrogen (secondary N) is 2. The number of rotatable bonds is 4. The molecule has 1 aromatic carbocycles. The molecule has 0 unspecified atom stereocenters. The van der Waals surface area contributed by atoms with E-state index in [2.05, 4.69) is 31.0 Å². The first kappa shape index (κ1) is 16.8. The van der Waals surface area contributed by atoms with Gasteiger partial charge in [0.1, 0.15) is 5.82 Å². The third-order valence-corrected chi connectivity index (χ3v) is 4.54. The van der Waals surface area contributed by atoms with Crippen molar-refractivity contribution in [3.05, 3.63) is 47.1 Å². The van der Waals surface area contributed by atoms with Crippen LogP contribution in [-0.2, 0) is 10.0 Å². The van der Waals surface area contributed by atoms with Gasteiger partial charge in [0.05, 0.1) is 16.8 Å². The van der Waals surface area contributed by atoms with Crippen molar-refractivity contribution in [1.82, 2.24) is 4.98 Å². The summed E-state index contributed by atoms with van der Waals surface area (Å²) in [4.78, 5) is 4.32. The second-order valence-electron chi connectivity index (χ2n) is 5.87. The molecule has 0 aliphatic heterocycles. The Balaban J connectivity index is 2.14. The second-order valence-corrected chi connectivity index (χ2v) is 8.46. The first-order chi connectivity index (χ1) is 10.2. The van der Waals surface area contributed by atoms with E-state index in [0.29, 0.717) is 0 Å². The van der Waals surface area contributed by atoms with E-state index in [0.717, 1.165) is 10.2 Å². The molecule has 0 atom stereocenters. The lowest BCUT2D eigenvalue weighted by atomic mass is 10.1. The third-order valence-electron chi connectivity index (χ3n) is 2.65. The predicted molar refractivity (Wildman–Crippen MR) is 92.6 cm³/mol. The van der Waals surface area contributed by atoms with Gasteiger partial charge in [-0.3, -0.25) is 4.72 Å². The standard InChI is InChI=1S/C15H18BrN3O2S/c1-15(2,3)18-12-6-9-14(17-10-12)19-22(20,21)13-7-4-11(16)5-8-13/h4-10,18H,1-3H3,(H,17,19). The van der Waals surface area contributed by atoms with E-state index in [1.54, 1.807) is 30.5 Å². The van der Waals surface area contributed by atoms with Gasteiger partial charge in [0.2, 0.25) is 0 Å². The lowest BCUT2D eigenvalue weighted by Gasteiger charge is -2.21. The van der Waals surface area contributed by atoms with Crippen LogP contribution in [0.25, 0.3) is 0 Å². The van der Waals surface area contributed by atoms with Crippen molar-refractivity contribution in [3.8, 4) is 0 Å². The Hall–Kier alpha value is -1.60. The number of hydrogen-bond acceptors (Lipinski definition) is 4. The number of benzene rings is 1. The number of halogens is 1. The first-order valence-corrected chi connectivity index (χ1v) is 8.96. The van der Waals surface area contributed by atoms with E-state index >= 15 is 0 Å². The Bertz CT molecular complexity index is 736. The van der Waals surface area contributed by atoms with Crippen LogP contribution in [0.4, 0.5) is 11.5 Å². The molecule has 0 saturated carbocycles. The molecule has 1 aromatic heterocycles. The summed E-state index contributed by atoms with van der Waals surface area (Å²) in [5, 5.41) is 3.26. The Morgan fingerprint density at radius 3 is 2.18 bits per heavy atom. The zero-order valence-corrected chi connectivity index (χ0v) is 15.0.